The van der Waals surface area contributed by atoms with Crippen LogP contribution in [0.2, 0.25) is 0 Å². The number of fused-ring (bicyclic) bond motifs is 1. The molecule has 0 radical (unpaired) electrons. The molecule has 1 amide bonds. The van der Waals surface area contributed by atoms with E-state index in [1.54, 1.807) is 19.1 Å². The van der Waals surface area contributed by atoms with Gasteiger partial charge < -0.3 is 18.8 Å². The van der Waals surface area contributed by atoms with Gasteiger partial charge in [-0.1, -0.05) is 0 Å². The van der Waals surface area contributed by atoms with Gasteiger partial charge in [0, 0.05) is 39.7 Å². The second-order valence-electron chi connectivity index (χ2n) is 5.24. The van der Waals surface area contributed by atoms with Crippen molar-refractivity contribution in [2.75, 3.05) is 40.5 Å². The van der Waals surface area contributed by atoms with Gasteiger partial charge in [-0.05, 0) is 24.6 Å². The minimum absolute atomic E-state index is 0.0363. The highest BCUT2D eigenvalue weighted by Gasteiger charge is 2.15. The van der Waals surface area contributed by atoms with E-state index in [0.29, 0.717) is 26.3 Å². The molecular formula is C16H23N3O3. The third kappa shape index (κ3) is 4.29. The molecule has 22 heavy (non-hydrogen) atoms. The highest BCUT2D eigenvalue weighted by molar-refractivity contribution is 5.78. The molecule has 0 aliphatic rings. The van der Waals surface area contributed by atoms with E-state index in [-0.39, 0.29) is 12.3 Å². The van der Waals surface area contributed by atoms with E-state index in [1.165, 1.54) is 0 Å². The van der Waals surface area contributed by atoms with Crippen molar-refractivity contribution in [1.82, 2.24) is 14.3 Å². The molecule has 2 rings (SSSR count). The Bertz CT molecular complexity index is 616. The van der Waals surface area contributed by atoms with Crippen LogP contribution in [-0.4, -0.2) is 60.7 Å². The van der Waals surface area contributed by atoms with Crippen LogP contribution < -0.4 is 0 Å². The third-order valence-electron chi connectivity index (χ3n) is 3.48. The first kappa shape index (κ1) is 16.5. The van der Waals surface area contributed by atoms with Crippen LogP contribution in [0.1, 0.15) is 11.3 Å². The van der Waals surface area contributed by atoms with Crippen molar-refractivity contribution in [2.24, 2.45) is 0 Å². The molecule has 0 aliphatic heterocycles. The molecule has 2 aromatic heterocycles. The van der Waals surface area contributed by atoms with Crippen molar-refractivity contribution < 1.29 is 14.3 Å². The number of aryl methyl sites for hydroxylation is 1. The second-order valence-corrected chi connectivity index (χ2v) is 5.24. The molecule has 0 saturated heterocycles. The predicted octanol–water partition coefficient (Wildman–Crippen LogP) is 1.31. The Balaban J connectivity index is 2.05. The average Bonchev–Trinajstić information content (AvgIpc) is 2.88. The summed E-state index contributed by atoms with van der Waals surface area (Å²) < 4.78 is 12.1. The molecule has 0 spiro atoms. The van der Waals surface area contributed by atoms with E-state index >= 15 is 0 Å². The van der Waals surface area contributed by atoms with Crippen LogP contribution in [0.5, 0.6) is 0 Å². The second kappa shape index (κ2) is 7.91. The monoisotopic (exact) mass is 305 g/mol. The van der Waals surface area contributed by atoms with E-state index in [1.807, 2.05) is 35.9 Å². The first-order chi connectivity index (χ1) is 10.6. The molecule has 0 saturated carbocycles. The largest absolute Gasteiger partial charge is 0.383 e. The lowest BCUT2D eigenvalue weighted by molar-refractivity contribution is -0.131. The fraction of sp³-hybridized carbons (Fsp3) is 0.500. The summed E-state index contributed by atoms with van der Waals surface area (Å²) in [5.41, 5.74) is 2.79. The number of carbonyl (C=O) groups excluding carboxylic acids is 1. The number of ether oxygens (including phenoxy) is 2. The minimum atomic E-state index is 0.0363. The van der Waals surface area contributed by atoms with Gasteiger partial charge in [-0.2, -0.15) is 0 Å². The molecule has 2 aromatic rings. The summed E-state index contributed by atoms with van der Waals surface area (Å²) in [4.78, 5) is 18.7. The Morgan fingerprint density at radius 1 is 1.27 bits per heavy atom. The molecule has 6 heteroatoms. The molecule has 0 aliphatic carbocycles. The van der Waals surface area contributed by atoms with Gasteiger partial charge in [0.05, 0.1) is 25.3 Å². The smallest absolute Gasteiger partial charge is 0.228 e. The number of hydrogen-bond acceptors (Lipinski definition) is 4. The zero-order valence-corrected chi connectivity index (χ0v) is 13.4. The maximum Gasteiger partial charge on any atom is 0.228 e. The van der Waals surface area contributed by atoms with Crippen LogP contribution in [0, 0.1) is 6.92 Å². The summed E-state index contributed by atoms with van der Waals surface area (Å²) in [5, 5.41) is 0. The minimum Gasteiger partial charge on any atom is -0.383 e. The van der Waals surface area contributed by atoms with Crippen molar-refractivity contribution in [3.8, 4) is 0 Å². The summed E-state index contributed by atoms with van der Waals surface area (Å²) in [5.74, 6) is 0.0363. The SMILES string of the molecule is COCCN(CCOC)C(=O)Cc1cn2ccc(C)cc2n1. The van der Waals surface area contributed by atoms with Crippen LogP contribution in [0.25, 0.3) is 5.65 Å². The summed E-state index contributed by atoms with van der Waals surface area (Å²) >= 11 is 0. The van der Waals surface area contributed by atoms with Gasteiger partial charge in [0.1, 0.15) is 5.65 Å². The number of hydrogen-bond donors (Lipinski definition) is 0. The van der Waals surface area contributed by atoms with Gasteiger partial charge in [-0.15, -0.1) is 0 Å². The highest BCUT2D eigenvalue weighted by atomic mass is 16.5. The highest BCUT2D eigenvalue weighted by Crippen LogP contribution is 2.09. The molecular weight excluding hydrogens is 282 g/mol. The number of carbonyl (C=O) groups is 1. The summed E-state index contributed by atoms with van der Waals surface area (Å²) in [6.07, 6.45) is 4.14. The number of imidazole rings is 1. The van der Waals surface area contributed by atoms with Crippen LogP contribution in [0.4, 0.5) is 0 Å². The number of methoxy groups -OCH3 is 2. The molecule has 2 heterocycles. The first-order valence-corrected chi connectivity index (χ1v) is 7.34. The normalized spacial score (nSPS) is 11.0. The van der Waals surface area contributed by atoms with Gasteiger partial charge in [0.25, 0.3) is 0 Å². The zero-order valence-electron chi connectivity index (χ0n) is 13.4. The Morgan fingerprint density at radius 3 is 2.59 bits per heavy atom. The van der Waals surface area contributed by atoms with Gasteiger partial charge in [-0.25, -0.2) is 4.98 Å². The van der Waals surface area contributed by atoms with Gasteiger partial charge >= 0.3 is 0 Å². The quantitative estimate of drug-likeness (QED) is 0.738. The molecule has 0 aromatic carbocycles. The van der Waals surface area contributed by atoms with E-state index in [2.05, 4.69) is 4.98 Å². The summed E-state index contributed by atoms with van der Waals surface area (Å²) in [6, 6.07) is 4.02. The Kier molecular flexibility index (Phi) is 5.91. The Hall–Kier alpha value is -1.92. The van der Waals surface area contributed by atoms with E-state index in [9.17, 15) is 4.79 Å². The number of rotatable bonds is 8. The fourth-order valence-corrected chi connectivity index (χ4v) is 2.25. The van der Waals surface area contributed by atoms with E-state index < -0.39 is 0 Å². The number of nitrogens with zero attached hydrogens (tertiary/aromatic N) is 3. The lowest BCUT2D eigenvalue weighted by atomic mass is 10.3. The van der Waals surface area contributed by atoms with Crippen molar-refractivity contribution in [3.05, 3.63) is 35.8 Å². The number of amides is 1. The molecule has 0 fully saturated rings. The van der Waals surface area contributed by atoms with E-state index in [4.69, 9.17) is 9.47 Å². The van der Waals surface area contributed by atoms with Crippen molar-refractivity contribution in [3.63, 3.8) is 0 Å². The number of aromatic nitrogens is 2. The van der Waals surface area contributed by atoms with Crippen molar-refractivity contribution in [2.45, 2.75) is 13.3 Å². The van der Waals surface area contributed by atoms with Crippen LogP contribution in [0.3, 0.4) is 0 Å². The molecule has 120 valence electrons. The first-order valence-electron chi connectivity index (χ1n) is 7.34. The standard InChI is InChI=1S/C16H23N3O3/c1-13-4-5-19-12-14(17-15(19)10-13)11-16(20)18(6-8-21-2)7-9-22-3/h4-5,10,12H,6-9,11H2,1-3H3. The summed E-state index contributed by atoms with van der Waals surface area (Å²) in [7, 11) is 3.26. The Morgan fingerprint density at radius 2 is 1.95 bits per heavy atom. The molecule has 0 N–H and O–H groups in total. The lowest BCUT2D eigenvalue weighted by Gasteiger charge is -2.21. The summed E-state index contributed by atoms with van der Waals surface area (Å²) in [6.45, 7) is 4.17. The lowest BCUT2D eigenvalue weighted by Crippen LogP contribution is -2.37. The molecule has 0 unspecified atom stereocenters. The third-order valence-corrected chi connectivity index (χ3v) is 3.48. The average molecular weight is 305 g/mol. The zero-order chi connectivity index (χ0) is 15.9. The van der Waals surface area contributed by atoms with E-state index in [0.717, 1.165) is 16.9 Å². The van der Waals surface area contributed by atoms with Crippen LogP contribution in [-0.2, 0) is 20.7 Å². The van der Waals surface area contributed by atoms with Crippen LogP contribution >= 0.6 is 0 Å². The predicted molar refractivity (Wildman–Crippen MR) is 84.0 cm³/mol. The molecule has 0 bridgehead atoms. The maximum atomic E-state index is 12.4. The van der Waals surface area contributed by atoms with Crippen molar-refractivity contribution in [1.29, 1.82) is 0 Å². The Labute approximate surface area is 130 Å². The van der Waals surface area contributed by atoms with Crippen molar-refractivity contribution >= 4 is 11.6 Å². The van der Waals surface area contributed by atoms with Gasteiger partial charge in [-0.3, -0.25) is 4.79 Å². The van der Waals surface area contributed by atoms with Gasteiger partial charge in [0.2, 0.25) is 5.91 Å². The fourth-order valence-electron chi connectivity index (χ4n) is 2.25. The number of pyridine rings is 1. The molecule has 0 atom stereocenters. The van der Waals surface area contributed by atoms with Gasteiger partial charge in [0.15, 0.2) is 0 Å². The molecule has 6 nitrogen and oxygen atoms in total. The maximum absolute atomic E-state index is 12.4. The van der Waals surface area contributed by atoms with Crippen LogP contribution in [0.15, 0.2) is 24.5 Å². The topological polar surface area (TPSA) is 56.1 Å².